The van der Waals surface area contributed by atoms with Gasteiger partial charge in [-0.15, -0.1) is 0 Å². The second kappa shape index (κ2) is 10.6. The lowest BCUT2D eigenvalue weighted by atomic mass is 10.1. The Bertz CT molecular complexity index is 1340. The van der Waals surface area contributed by atoms with E-state index in [4.69, 9.17) is 0 Å². The van der Waals surface area contributed by atoms with Crippen molar-refractivity contribution in [2.45, 2.75) is 54.3 Å². The molecule has 0 aliphatic rings. The maximum absolute atomic E-state index is 12.6. The van der Waals surface area contributed by atoms with Crippen LogP contribution in [-0.2, 0) is 24.4 Å². The third-order valence-corrected chi connectivity index (χ3v) is 6.44. The fraction of sp³-hybridized carbons (Fsp3) is 0.276. The molecule has 2 aromatic carbocycles. The topological polar surface area (TPSA) is 64.7 Å². The van der Waals surface area contributed by atoms with Gasteiger partial charge in [-0.1, -0.05) is 60.2 Å². The third-order valence-electron chi connectivity index (χ3n) is 6.44. The van der Waals surface area contributed by atoms with Crippen molar-refractivity contribution in [2.24, 2.45) is 0 Å². The number of carbonyl (C=O) groups is 1. The minimum Gasteiger partial charge on any atom is -0.348 e. The molecule has 0 fully saturated rings. The summed E-state index contributed by atoms with van der Waals surface area (Å²) in [6.07, 6.45) is 3.45. The van der Waals surface area contributed by atoms with Crippen molar-refractivity contribution in [3.05, 3.63) is 111 Å². The molecule has 1 amide bonds. The van der Waals surface area contributed by atoms with Crippen molar-refractivity contribution in [3.8, 4) is 0 Å². The van der Waals surface area contributed by atoms with Gasteiger partial charge in [0.25, 0.3) is 0 Å². The first-order valence-corrected chi connectivity index (χ1v) is 11.9. The molecule has 35 heavy (non-hydrogen) atoms. The van der Waals surface area contributed by atoms with E-state index in [1.807, 2.05) is 54.4 Å². The van der Waals surface area contributed by atoms with Gasteiger partial charge in [-0.05, 0) is 51.8 Å². The fourth-order valence-electron chi connectivity index (χ4n) is 4.27. The molecule has 0 bridgehead atoms. The molecule has 0 unspecified atom stereocenters. The van der Waals surface area contributed by atoms with Crippen molar-refractivity contribution >= 4 is 12.0 Å². The van der Waals surface area contributed by atoms with E-state index >= 15 is 0 Å². The Morgan fingerprint density at radius 3 is 2.09 bits per heavy atom. The number of nitrogens with one attached hydrogen (secondary N) is 1. The first-order chi connectivity index (χ1) is 16.8. The third kappa shape index (κ3) is 5.77. The molecule has 0 aliphatic heterocycles. The first-order valence-electron chi connectivity index (χ1n) is 11.9. The van der Waals surface area contributed by atoms with Crippen LogP contribution in [0.15, 0.2) is 60.7 Å². The second-order valence-electron chi connectivity index (χ2n) is 9.07. The summed E-state index contributed by atoms with van der Waals surface area (Å²) in [6.45, 7) is 12.0. The zero-order valence-electron chi connectivity index (χ0n) is 21.2. The van der Waals surface area contributed by atoms with Crippen LogP contribution in [0, 0.1) is 34.6 Å². The van der Waals surface area contributed by atoms with Crippen LogP contribution in [0.25, 0.3) is 6.08 Å². The second-order valence-corrected chi connectivity index (χ2v) is 9.07. The molecule has 0 atom stereocenters. The molecular formula is C29H33N5O. The highest BCUT2D eigenvalue weighted by atomic mass is 16.1. The summed E-state index contributed by atoms with van der Waals surface area (Å²) in [5.41, 5.74) is 9.64. The average molecular weight is 468 g/mol. The van der Waals surface area contributed by atoms with E-state index in [0.29, 0.717) is 19.6 Å². The van der Waals surface area contributed by atoms with Crippen molar-refractivity contribution in [3.63, 3.8) is 0 Å². The Hall–Kier alpha value is -3.93. The molecule has 0 radical (unpaired) electrons. The molecule has 0 saturated carbocycles. The quantitative estimate of drug-likeness (QED) is 0.369. The Morgan fingerprint density at radius 1 is 0.800 bits per heavy atom. The van der Waals surface area contributed by atoms with Gasteiger partial charge in [0, 0.05) is 35.1 Å². The summed E-state index contributed by atoms with van der Waals surface area (Å²) in [7, 11) is 0. The molecule has 4 aromatic rings. The summed E-state index contributed by atoms with van der Waals surface area (Å²) in [5, 5.41) is 12.4. The van der Waals surface area contributed by atoms with E-state index in [1.165, 1.54) is 16.7 Å². The molecule has 2 heterocycles. The summed E-state index contributed by atoms with van der Waals surface area (Å²) in [4.78, 5) is 12.6. The van der Waals surface area contributed by atoms with Crippen LogP contribution < -0.4 is 5.32 Å². The maximum Gasteiger partial charge on any atom is 0.244 e. The lowest BCUT2D eigenvalue weighted by Crippen LogP contribution is -2.21. The van der Waals surface area contributed by atoms with Crippen LogP contribution in [0.2, 0.25) is 0 Å². The van der Waals surface area contributed by atoms with E-state index < -0.39 is 0 Å². The Kier molecular flexibility index (Phi) is 7.30. The molecule has 0 spiro atoms. The van der Waals surface area contributed by atoms with E-state index in [-0.39, 0.29) is 5.91 Å². The molecule has 4 rings (SSSR count). The normalized spacial score (nSPS) is 11.3. The van der Waals surface area contributed by atoms with Crippen LogP contribution in [0.1, 0.15) is 50.6 Å². The Morgan fingerprint density at radius 2 is 1.40 bits per heavy atom. The number of aryl methyl sites for hydroxylation is 3. The van der Waals surface area contributed by atoms with Crippen molar-refractivity contribution in [1.29, 1.82) is 0 Å². The fourth-order valence-corrected chi connectivity index (χ4v) is 4.27. The summed E-state index contributed by atoms with van der Waals surface area (Å²) in [5.74, 6) is -0.135. The Labute approximate surface area is 207 Å². The highest BCUT2D eigenvalue weighted by Crippen LogP contribution is 2.17. The number of carbonyl (C=O) groups excluding carboxylic acids is 1. The van der Waals surface area contributed by atoms with E-state index in [0.717, 1.165) is 33.9 Å². The monoisotopic (exact) mass is 467 g/mol. The zero-order valence-corrected chi connectivity index (χ0v) is 21.2. The van der Waals surface area contributed by atoms with Gasteiger partial charge in [-0.2, -0.15) is 10.2 Å². The summed E-state index contributed by atoms with van der Waals surface area (Å²) in [6, 6.07) is 18.7. The highest BCUT2D eigenvalue weighted by molar-refractivity contribution is 5.92. The van der Waals surface area contributed by atoms with E-state index in [2.05, 4.69) is 65.8 Å². The van der Waals surface area contributed by atoms with E-state index in [9.17, 15) is 4.79 Å². The smallest absolute Gasteiger partial charge is 0.244 e. The van der Waals surface area contributed by atoms with Gasteiger partial charge in [-0.3, -0.25) is 14.2 Å². The highest BCUT2D eigenvalue weighted by Gasteiger charge is 2.13. The number of benzene rings is 2. The number of nitrogens with zero attached hydrogens (tertiary/aromatic N) is 4. The molecule has 6 heteroatoms. The van der Waals surface area contributed by atoms with Crippen LogP contribution >= 0.6 is 0 Å². The lowest BCUT2D eigenvalue weighted by molar-refractivity contribution is -0.116. The van der Waals surface area contributed by atoms with Gasteiger partial charge in [0.15, 0.2) is 0 Å². The lowest BCUT2D eigenvalue weighted by Gasteiger charge is -2.06. The molecule has 2 aromatic heterocycles. The summed E-state index contributed by atoms with van der Waals surface area (Å²) < 4.78 is 3.99. The molecule has 0 saturated heterocycles. The maximum atomic E-state index is 12.6. The van der Waals surface area contributed by atoms with E-state index in [1.54, 1.807) is 6.08 Å². The van der Waals surface area contributed by atoms with Crippen molar-refractivity contribution < 1.29 is 4.79 Å². The predicted octanol–water partition coefficient (Wildman–Crippen LogP) is 5.05. The Balaban J connectivity index is 1.39. The number of hydrogen-bond acceptors (Lipinski definition) is 3. The predicted molar refractivity (Wildman–Crippen MR) is 140 cm³/mol. The standard InChI is InChI=1S/C29H33N5O/c1-20-11-13-26(14-12-20)19-33-23(4)27(21(2)31-33)15-16-29(35)30-17-28-22(3)32-34(24(28)5)18-25-9-7-6-8-10-25/h6-16H,17-19H2,1-5H3,(H,30,35)/b16-15+. The van der Waals surface area contributed by atoms with Gasteiger partial charge < -0.3 is 5.32 Å². The van der Waals surface area contributed by atoms with Gasteiger partial charge in [0.05, 0.1) is 24.5 Å². The molecule has 1 N–H and O–H groups in total. The number of rotatable bonds is 8. The molecule has 0 aliphatic carbocycles. The van der Waals surface area contributed by atoms with Crippen molar-refractivity contribution in [2.75, 3.05) is 0 Å². The average Bonchev–Trinajstić information content (AvgIpc) is 3.26. The number of aromatic nitrogens is 4. The van der Waals surface area contributed by atoms with Crippen LogP contribution in [0.5, 0.6) is 0 Å². The number of amides is 1. The van der Waals surface area contributed by atoms with Crippen LogP contribution in [0.4, 0.5) is 0 Å². The van der Waals surface area contributed by atoms with Gasteiger partial charge in [0.1, 0.15) is 0 Å². The van der Waals surface area contributed by atoms with Crippen molar-refractivity contribution in [1.82, 2.24) is 24.9 Å². The molecule has 6 nitrogen and oxygen atoms in total. The SMILES string of the molecule is Cc1ccc(Cn2nc(C)c(/C=C/C(=O)NCc3c(C)nn(Cc4ccccc4)c3C)c2C)cc1. The van der Waals surface area contributed by atoms with Gasteiger partial charge in [-0.25, -0.2) is 0 Å². The molecular weight excluding hydrogens is 434 g/mol. The number of hydrogen-bond donors (Lipinski definition) is 1. The van der Waals surface area contributed by atoms with Crippen LogP contribution in [-0.4, -0.2) is 25.5 Å². The van der Waals surface area contributed by atoms with Crippen LogP contribution in [0.3, 0.4) is 0 Å². The van der Waals surface area contributed by atoms with Gasteiger partial charge >= 0.3 is 0 Å². The minimum absolute atomic E-state index is 0.135. The summed E-state index contributed by atoms with van der Waals surface area (Å²) >= 11 is 0. The van der Waals surface area contributed by atoms with Gasteiger partial charge in [0.2, 0.25) is 5.91 Å². The first kappa shape index (κ1) is 24.2. The zero-order chi connectivity index (χ0) is 24.9. The largest absolute Gasteiger partial charge is 0.348 e. The minimum atomic E-state index is -0.135. The molecule has 180 valence electrons.